The van der Waals surface area contributed by atoms with Gasteiger partial charge in [0.05, 0.1) is 12.4 Å². The molecule has 112 valence electrons. The number of amides is 1. The van der Waals surface area contributed by atoms with E-state index in [1.807, 2.05) is 25.1 Å². The highest BCUT2D eigenvalue weighted by Crippen LogP contribution is 2.29. The van der Waals surface area contributed by atoms with Crippen LogP contribution in [0.1, 0.15) is 27.2 Å². The first-order valence-electron chi connectivity index (χ1n) is 6.94. The van der Waals surface area contributed by atoms with Crippen LogP contribution >= 0.6 is 11.8 Å². The number of rotatable bonds is 8. The van der Waals surface area contributed by atoms with E-state index in [9.17, 15) is 4.79 Å². The molecule has 0 saturated heterocycles. The maximum absolute atomic E-state index is 11.7. The molecule has 20 heavy (non-hydrogen) atoms. The van der Waals surface area contributed by atoms with Gasteiger partial charge in [-0.05, 0) is 37.5 Å². The number of ether oxygens (including phenoxy) is 1. The summed E-state index contributed by atoms with van der Waals surface area (Å²) in [5.74, 6) is 1.79. The number of carbonyl (C=O) groups excluding carboxylic acids is 1. The Kier molecular flexibility index (Phi) is 7.30. The fourth-order valence-corrected chi connectivity index (χ4v) is 2.41. The lowest BCUT2D eigenvalue weighted by molar-refractivity contribution is -0.118. The SMILES string of the molecule is CCOc1ccc(N)c(SCC(=O)NCCC(C)C)c1. The fraction of sp³-hybridized carbons (Fsp3) is 0.533. The number of nitrogen functional groups attached to an aromatic ring is 1. The Morgan fingerprint density at radius 3 is 2.85 bits per heavy atom. The lowest BCUT2D eigenvalue weighted by atomic mass is 10.1. The topological polar surface area (TPSA) is 64.3 Å². The van der Waals surface area contributed by atoms with Crippen molar-refractivity contribution in [3.63, 3.8) is 0 Å². The molecule has 5 heteroatoms. The minimum atomic E-state index is 0.0388. The summed E-state index contributed by atoms with van der Waals surface area (Å²) in [6.07, 6.45) is 0.998. The molecule has 0 radical (unpaired) electrons. The van der Waals surface area contributed by atoms with Gasteiger partial charge in [-0.3, -0.25) is 4.79 Å². The van der Waals surface area contributed by atoms with Crippen LogP contribution in [0.2, 0.25) is 0 Å². The van der Waals surface area contributed by atoms with Crippen molar-refractivity contribution in [3.05, 3.63) is 18.2 Å². The molecule has 0 aliphatic carbocycles. The molecule has 1 rings (SSSR count). The van der Waals surface area contributed by atoms with E-state index in [0.717, 1.165) is 23.6 Å². The first kappa shape index (κ1) is 16.7. The van der Waals surface area contributed by atoms with Crippen molar-refractivity contribution in [2.24, 2.45) is 5.92 Å². The van der Waals surface area contributed by atoms with Crippen LogP contribution in [-0.2, 0) is 4.79 Å². The Hall–Kier alpha value is -1.36. The molecule has 4 nitrogen and oxygen atoms in total. The first-order chi connectivity index (χ1) is 9.52. The van der Waals surface area contributed by atoms with Crippen LogP contribution < -0.4 is 15.8 Å². The van der Waals surface area contributed by atoms with Gasteiger partial charge in [0.25, 0.3) is 0 Å². The van der Waals surface area contributed by atoms with Crippen LogP contribution in [0.4, 0.5) is 5.69 Å². The van der Waals surface area contributed by atoms with Crippen LogP contribution in [0.15, 0.2) is 23.1 Å². The molecule has 0 aliphatic heterocycles. The van der Waals surface area contributed by atoms with Crippen LogP contribution in [0.3, 0.4) is 0 Å². The number of thioether (sulfide) groups is 1. The number of nitrogens with two attached hydrogens (primary N) is 1. The third kappa shape index (κ3) is 6.19. The normalized spacial score (nSPS) is 10.6. The molecule has 0 aromatic heterocycles. The molecule has 0 atom stereocenters. The van der Waals surface area contributed by atoms with Crippen LogP contribution in [0.5, 0.6) is 5.75 Å². The van der Waals surface area contributed by atoms with E-state index in [1.54, 1.807) is 0 Å². The summed E-state index contributed by atoms with van der Waals surface area (Å²) in [6.45, 7) is 7.56. The first-order valence-corrected chi connectivity index (χ1v) is 7.93. The molecular weight excluding hydrogens is 272 g/mol. The summed E-state index contributed by atoms with van der Waals surface area (Å²) in [7, 11) is 0. The molecule has 0 fully saturated rings. The molecule has 0 aliphatic rings. The van der Waals surface area contributed by atoms with Gasteiger partial charge in [0.15, 0.2) is 0 Å². The van der Waals surface area contributed by atoms with Crippen LogP contribution in [0, 0.1) is 5.92 Å². The van der Waals surface area contributed by atoms with Gasteiger partial charge >= 0.3 is 0 Å². The number of benzene rings is 1. The molecular formula is C15H24N2O2S. The van der Waals surface area contributed by atoms with E-state index in [4.69, 9.17) is 10.5 Å². The van der Waals surface area contributed by atoms with Crippen molar-refractivity contribution in [2.75, 3.05) is 24.6 Å². The summed E-state index contributed by atoms with van der Waals surface area (Å²) in [5.41, 5.74) is 6.58. The number of hydrogen-bond acceptors (Lipinski definition) is 4. The van der Waals surface area contributed by atoms with Crippen LogP contribution in [-0.4, -0.2) is 24.8 Å². The maximum Gasteiger partial charge on any atom is 0.230 e. The second-order valence-corrected chi connectivity index (χ2v) is 5.97. The van der Waals surface area contributed by atoms with Crippen molar-refractivity contribution in [3.8, 4) is 5.75 Å². The van der Waals surface area contributed by atoms with Gasteiger partial charge in [0.1, 0.15) is 5.75 Å². The van der Waals surface area contributed by atoms with Crippen molar-refractivity contribution in [1.29, 1.82) is 0 Å². The second kappa shape index (κ2) is 8.74. The number of hydrogen-bond donors (Lipinski definition) is 2. The van der Waals surface area contributed by atoms with Gasteiger partial charge < -0.3 is 15.8 Å². The Morgan fingerprint density at radius 1 is 1.45 bits per heavy atom. The Bertz CT molecular complexity index is 436. The zero-order valence-electron chi connectivity index (χ0n) is 12.4. The average molecular weight is 296 g/mol. The molecule has 0 heterocycles. The monoisotopic (exact) mass is 296 g/mol. The molecule has 1 aromatic carbocycles. The van der Waals surface area contributed by atoms with Gasteiger partial charge in [-0.15, -0.1) is 11.8 Å². The van der Waals surface area contributed by atoms with E-state index in [-0.39, 0.29) is 5.91 Å². The highest BCUT2D eigenvalue weighted by molar-refractivity contribution is 8.00. The largest absolute Gasteiger partial charge is 0.494 e. The zero-order chi connectivity index (χ0) is 15.0. The third-order valence-corrected chi connectivity index (χ3v) is 3.77. The van der Waals surface area contributed by atoms with Gasteiger partial charge in [-0.25, -0.2) is 0 Å². The quantitative estimate of drug-likeness (QED) is 0.572. The lowest BCUT2D eigenvalue weighted by Gasteiger charge is -2.10. The Morgan fingerprint density at radius 2 is 2.20 bits per heavy atom. The third-order valence-electron chi connectivity index (χ3n) is 2.70. The predicted octanol–water partition coefficient (Wildman–Crippen LogP) is 2.92. The van der Waals surface area contributed by atoms with Crippen molar-refractivity contribution in [2.45, 2.75) is 32.1 Å². The predicted molar refractivity (Wildman–Crippen MR) is 85.2 cm³/mol. The van der Waals surface area contributed by atoms with Crippen LogP contribution in [0.25, 0.3) is 0 Å². The van der Waals surface area contributed by atoms with Crippen molar-refractivity contribution >= 4 is 23.4 Å². The number of anilines is 1. The summed E-state index contributed by atoms with van der Waals surface area (Å²) < 4.78 is 5.43. The highest BCUT2D eigenvalue weighted by atomic mass is 32.2. The minimum Gasteiger partial charge on any atom is -0.494 e. The molecule has 1 amide bonds. The Labute approximate surface area is 125 Å². The second-order valence-electron chi connectivity index (χ2n) is 4.95. The van der Waals surface area contributed by atoms with Gasteiger partial charge in [-0.1, -0.05) is 13.8 Å². The minimum absolute atomic E-state index is 0.0388. The lowest BCUT2D eigenvalue weighted by Crippen LogP contribution is -2.26. The molecule has 0 saturated carbocycles. The standard InChI is InChI=1S/C15H24N2O2S/c1-4-19-12-5-6-13(16)14(9-12)20-10-15(18)17-8-7-11(2)3/h5-6,9,11H,4,7-8,10,16H2,1-3H3,(H,17,18). The van der Waals surface area contributed by atoms with Gasteiger partial charge in [-0.2, -0.15) is 0 Å². The fourth-order valence-electron chi connectivity index (χ4n) is 1.59. The maximum atomic E-state index is 11.7. The molecule has 3 N–H and O–H groups in total. The van der Waals surface area contributed by atoms with Gasteiger partial charge in [0.2, 0.25) is 5.91 Å². The van der Waals surface area contributed by atoms with E-state index in [1.165, 1.54) is 11.8 Å². The zero-order valence-corrected chi connectivity index (χ0v) is 13.3. The summed E-state index contributed by atoms with van der Waals surface area (Å²) in [4.78, 5) is 12.6. The van der Waals surface area contributed by atoms with Crippen molar-refractivity contribution < 1.29 is 9.53 Å². The highest BCUT2D eigenvalue weighted by Gasteiger charge is 2.07. The van der Waals surface area contributed by atoms with Crippen molar-refractivity contribution in [1.82, 2.24) is 5.32 Å². The summed E-state index contributed by atoms with van der Waals surface area (Å²) in [6, 6.07) is 5.53. The molecule has 0 spiro atoms. The smallest absolute Gasteiger partial charge is 0.230 e. The number of carbonyl (C=O) groups is 1. The van der Waals surface area contributed by atoms with E-state index < -0.39 is 0 Å². The average Bonchev–Trinajstić information content (AvgIpc) is 2.39. The number of nitrogens with one attached hydrogen (secondary N) is 1. The van der Waals surface area contributed by atoms with E-state index in [2.05, 4.69) is 19.2 Å². The summed E-state index contributed by atoms with van der Waals surface area (Å²) >= 11 is 1.44. The molecule has 1 aromatic rings. The summed E-state index contributed by atoms with van der Waals surface area (Å²) in [5, 5.41) is 2.91. The van der Waals surface area contributed by atoms with Gasteiger partial charge in [0, 0.05) is 17.1 Å². The van der Waals surface area contributed by atoms with E-state index in [0.29, 0.717) is 24.0 Å². The van der Waals surface area contributed by atoms with E-state index >= 15 is 0 Å². The Balaban J connectivity index is 2.44. The molecule has 0 bridgehead atoms. The molecule has 0 unspecified atom stereocenters.